The Kier molecular flexibility index (Phi) is 31.9. The Morgan fingerprint density at radius 3 is 1.00 bits per heavy atom. The number of aliphatic carboxylic acids is 1. The van der Waals surface area contributed by atoms with Crippen molar-refractivity contribution < 1.29 is 14.7 Å². The summed E-state index contributed by atoms with van der Waals surface area (Å²) in [5.41, 5.74) is 5.35. The molecule has 0 spiro atoms. The van der Waals surface area contributed by atoms with Gasteiger partial charge in [-0.15, -0.1) is 0 Å². The summed E-state index contributed by atoms with van der Waals surface area (Å²) in [6.45, 7) is 6.17. The number of primary amides is 1. The van der Waals surface area contributed by atoms with Crippen molar-refractivity contribution >= 4 is 11.9 Å². The molecule has 0 aliphatic carbocycles. The summed E-state index contributed by atoms with van der Waals surface area (Å²) in [5.74, 6) is -1.22. The molecule has 42 heavy (non-hydrogen) atoms. The maximum atomic E-state index is 12.1. The molecule has 1 atom stereocenters. The molecule has 0 rings (SSSR count). The van der Waals surface area contributed by atoms with Crippen molar-refractivity contribution in [3.63, 3.8) is 0 Å². The number of carbonyl (C=O) groups excluding carboxylic acids is 1. The van der Waals surface area contributed by atoms with Gasteiger partial charge in [0.25, 0.3) is 0 Å². The van der Waals surface area contributed by atoms with Gasteiger partial charge in [-0.1, -0.05) is 181 Å². The second-order valence-electron chi connectivity index (χ2n) is 13.1. The lowest BCUT2D eigenvalue weighted by molar-refractivity contribution is -0.143. The normalized spacial score (nSPS) is 12.3. The van der Waals surface area contributed by atoms with Crippen LogP contribution in [0.15, 0.2) is 0 Å². The number of nitrogens with two attached hydrogens (primary N) is 1. The van der Waals surface area contributed by atoms with Crippen LogP contribution in [0.5, 0.6) is 0 Å². The molecule has 3 N–H and O–H groups in total. The number of carboxylic acids is 1. The van der Waals surface area contributed by atoms with Crippen LogP contribution in [0.2, 0.25) is 0 Å². The van der Waals surface area contributed by atoms with E-state index in [-0.39, 0.29) is 6.42 Å². The third kappa shape index (κ3) is 29.0. The van der Waals surface area contributed by atoms with Gasteiger partial charge < -0.3 is 10.8 Å². The molecule has 0 unspecified atom stereocenters. The summed E-state index contributed by atoms with van der Waals surface area (Å²) in [6, 6.07) is -0.596. The van der Waals surface area contributed by atoms with E-state index in [0.717, 1.165) is 38.8 Å². The molecular formula is C37H74N2O3. The largest absolute Gasteiger partial charge is 0.480 e. The lowest BCUT2D eigenvalue weighted by Crippen LogP contribution is -2.43. The number of carbonyl (C=O) groups is 2. The molecule has 0 heterocycles. The van der Waals surface area contributed by atoms with E-state index in [9.17, 15) is 14.7 Å². The Labute approximate surface area is 262 Å². The SMILES string of the molecule is CCCCCCCCCCCCCCCCN(CCCCCCCCCCCCCCCC)[C@@H](CCC(N)=O)C(=O)O. The fourth-order valence-corrected chi connectivity index (χ4v) is 6.18. The Hall–Kier alpha value is -1.10. The smallest absolute Gasteiger partial charge is 0.320 e. The molecule has 0 radical (unpaired) electrons. The number of nitrogens with zero attached hydrogens (tertiary/aromatic N) is 1. The molecule has 0 fully saturated rings. The summed E-state index contributed by atoms with van der Waals surface area (Å²) >= 11 is 0. The van der Waals surface area contributed by atoms with E-state index >= 15 is 0 Å². The van der Waals surface area contributed by atoms with Crippen LogP contribution >= 0.6 is 0 Å². The molecule has 0 aromatic rings. The number of rotatable bonds is 35. The maximum Gasteiger partial charge on any atom is 0.320 e. The van der Waals surface area contributed by atoms with Gasteiger partial charge in [0.15, 0.2) is 0 Å². The van der Waals surface area contributed by atoms with Gasteiger partial charge in [-0.2, -0.15) is 0 Å². The molecule has 1 amide bonds. The zero-order chi connectivity index (χ0) is 30.9. The van der Waals surface area contributed by atoms with Crippen LogP contribution in [-0.4, -0.2) is 41.0 Å². The molecule has 0 saturated heterocycles. The van der Waals surface area contributed by atoms with Crippen molar-refractivity contribution in [3.05, 3.63) is 0 Å². The number of unbranched alkanes of at least 4 members (excludes halogenated alkanes) is 26. The minimum absolute atomic E-state index is 0.144. The van der Waals surface area contributed by atoms with Gasteiger partial charge in [0, 0.05) is 6.42 Å². The van der Waals surface area contributed by atoms with Gasteiger partial charge in [-0.25, -0.2) is 0 Å². The van der Waals surface area contributed by atoms with E-state index in [4.69, 9.17) is 5.73 Å². The first kappa shape index (κ1) is 40.9. The first-order chi connectivity index (χ1) is 20.5. The van der Waals surface area contributed by atoms with Crippen LogP contribution in [0, 0.1) is 0 Å². The first-order valence-corrected chi connectivity index (χ1v) is 18.8. The average molecular weight is 595 g/mol. The summed E-state index contributed by atoms with van der Waals surface area (Å²) in [5, 5.41) is 9.89. The standard InChI is InChI=1S/C37H74N2O3/c1-3-5-7-9-11-13-15-17-19-21-23-25-27-29-33-39(35(37(41)42)31-32-36(38)40)34-30-28-26-24-22-20-18-16-14-12-10-8-6-4-2/h35H,3-34H2,1-2H3,(H2,38,40)(H,41,42)/t35-/m0/s1. The zero-order valence-electron chi connectivity index (χ0n) is 28.5. The van der Waals surface area contributed by atoms with Crippen LogP contribution in [0.25, 0.3) is 0 Å². The van der Waals surface area contributed by atoms with E-state index in [1.165, 1.54) is 154 Å². The highest BCUT2D eigenvalue weighted by Gasteiger charge is 2.25. The number of carboxylic acid groups (broad SMARTS) is 1. The van der Waals surface area contributed by atoms with E-state index < -0.39 is 17.9 Å². The van der Waals surface area contributed by atoms with Crippen LogP contribution in [0.4, 0.5) is 0 Å². The second kappa shape index (κ2) is 32.8. The zero-order valence-corrected chi connectivity index (χ0v) is 28.5. The third-order valence-electron chi connectivity index (χ3n) is 8.99. The van der Waals surface area contributed by atoms with Gasteiger partial charge in [0.05, 0.1) is 0 Å². The number of amides is 1. The van der Waals surface area contributed by atoms with Gasteiger partial charge in [-0.3, -0.25) is 14.5 Å². The summed E-state index contributed by atoms with van der Waals surface area (Å²) in [4.78, 5) is 25.5. The van der Waals surface area contributed by atoms with Gasteiger partial charge in [0.1, 0.15) is 6.04 Å². The predicted octanol–water partition coefficient (Wildman–Crippen LogP) is 11.0. The molecule has 0 saturated carbocycles. The predicted molar refractivity (Wildman–Crippen MR) is 182 cm³/mol. The lowest BCUT2D eigenvalue weighted by atomic mass is 10.0. The van der Waals surface area contributed by atoms with Gasteiger partial charge in [0.2, 0.25) is 5.91 Å². The van der Waals surface area contributed by atoms with Crippen molar-refractivity contribution in [1.82, 2.24) is 4.90 Å². The summed E-state index contributed by atoms with van der Waals surface area (Å²) < 4.78 is 0. The molecule has 0 aliphatic rings. The van der Waals surface area contributed by atoms with Gasteiger partial charge in [-0.05, 0) is 32.4 Å². The molecule has 5 heteroatoms. The minimum atomic E-state index is -0.813. The van der Waals surface area contributed by atoms with E-state index in [1.807, 2.05) is 0 Å². The van der Waals surface area contributed by atoms with Gasteiger partial charge >= 0.3 is 5.97 Å². The van der Waals surface area contributed by atoms with Crippen molar-refractivity contribution in [2.75, 3.05) is 13.1 Å². The molecule has 0 aliphatic heterocycles. The third-order valence-corrected chi connectivity index (χ3v) is 8.99. The van der Waals surface area contributed by atoms with E-state index in [0.29, 0.717) is 6.42 Å². The average Bonchev–Trinajstić information content (AvgIpc) is 2.96. The topological polar surface area (TPSA) is 83.6 Å². The Bertz CT molecular complexity index is 551. The summed E-state index contributed by atoms with van der Waals surface area (Å²) in [6.07, 6.45) is 37.5. The molecule has 5 nitrogen and oxygen atoms in total. The first-order valence-electron chi connectivity index (χ1n) is 18.8. The van der Waals surface area contributed by atoms with E-state index in [1.54, 1.807) is 0 Å². The van der Waals surface area contributed by atoms with Crippen molar-refractivity contribution in [2.24, 2.45) is 5.73 Å². The molecule has 0 aromatic heterocycles. The van der Waals surface area contributed by atoms with Crippen LogP contribution in [-0.2, 0) is 9.59 Å². The fourth-order valence-electron chi connectivity index (χ4n) is 6.18. The quantitative estimate of drug-likeness (QED) is 0.0715. The van der Waals surface area contributed by atoms with Crippen molar-refractivity contribution in [3.8, 4) is 0 Å². The molecule has 250 valence electrons. The minimum Gasteiger partial charge on any atom is -0.480 e. The molecular weight excluding hydrogens is 520 g/mol. The summed E-state index contributed by atoms with van der Waals surface area (Å²) in [7, 11) is 0. The fraction of sp³-hybridized carbons (Fsp3) is 0.946. The number of hydrogen-bond acceptors (Lipinski definition) is 3. The Balaban J connectivity index is 4.05. The monoisotopic (exact) mass is 595 g/mol. The highest BCUT2D eigenvalue weighted by Crippen LogP contribution is 2.17. The second-order valence-corrected chi connectivity index (χ2v) is 13.1. The lowest BCUT2D eigenvalue weighted by Gasteiger charge is -2.29. The van der Waals surface area contributed by atoms with Crippen LogP contribution < -0.4 is 5.73 Å². The molecule has 0 bridgehead atoms. The molecule has 0 aromatic carbocycles. The number of hydrogen-bond donors (Lipinski definition) is 2. The highest BCUT2D eigenvalue weighted by molar-refractivity contribution is 5.77. The maximum absolute atomic E-state index is 12.1. The van der Waals surface area contributed by atoms with Crippen LogP contribution in [0.1, 0.15) is 206 Å². The van der Waals surface area contributed by atoms with Crippen molar-refractivity contribution in [2.45, 2.75) is 213 Å². The van der Waals surface area contributed by atoms with E-state index in [2.05, 4.69) is 18.7 Å². The Morgan fingerprint density at radius 1 is 0.500 bits per heavy atom. The Morgan fingerprint density at radius 2 is 0.762 bits per heavy atom. The highest BCUT2D eigenvalue weighted by atomic mass is 16.4. The van der Waals surface area contributed by atoms with Crippen LogP contribution in [0.3, 0.4) is 0 Å². The van der Waals surface area contributed by atoms with Crippen molar-refractivity contribution in [1.29, 1.82) is 0 Å².